The van der Waals surface area contributed by atoms with Gasteiger partial charge in [-0.3, -0.25) is 24.5 Å². The number of β-lactam (4-membered cyclic amide) rings is 1. The number of pyridine rings is 2. The summed E-state index contributed by atoms with van der Waals surface area (Å²) in [4.78, 5) is 49.8. The molecule has 1 saturated heterocycles. The first-order chi connectivity index (χ1) is 18.6. The van der Waals surface area contributed by atoms with E-state index in [4.69, 9.17) is 0 Å². The topological polar surface area (TPSA) is 146 Å². The SMILES string of the molecule is CC(C)(S)C(C(=O)O)N1C(=O)C2(NC(=O)Cn3cc(CN(Cc4ccccn4)Cc4ccccn4)nn3)CC12. The normalized spacial score (nSPS) is 20.8. The Balaban J connectivity index is 1.19. The molecule has 12 nitrogen and oxygen atoms in total. The average molecular weight is 551 g/mol. The predicted octanol–water partition coefficient (Wildman–Crippen LogP) is 0.902. The first-order valence-corrected chi connectivity index (χ1v) is 13.0. The van der Waals surface area contributed by atoms with Crippen LogP contribution in [-0.2, 0) is 40.6 Å². The number of carbonyl (C=O) groups excluding carboxylic acids is 2. The van der Waals surface area contributed by atoms with Crippen molar-refractivity contribution in [3.8, 4) is 0 Å². The summed E-state index contributed by atoms with van der Waals surface area (Å²) in [5, 5.41) is 20.7. The van der Waals surface area contributed by atoms with Crippen molar-refractivity contribution in [3.63, 3.8) is 0 Å². The molecule has 1 saturated carbocycles. The van der Waals surface area contributed by atoms with Crippen LogP contribution < -0.4 is 5.32 Å². The maximum Gasteiger partial charge on any atom is 0.327 e. The van der Waals surface area contributed by atoms with Crippen LogP contribution in [0.15, 0.2) is 55.0 Å². The van der Waals surface area contributed by atoms with E-state index < -0.39 is 34.1 Å². The number of fused-ring (bicyclic) bond motifs is 1. The van der Waals surface area contributed by atoms with Crippen molar-refractivity contribution in [3.05, 3.63) is 72.1 Å². The number of rotatable bonds is 12. The van der Waals surface area contributed by atoms with E-state index in [1.807, 2.05) is 36.4 Å². The summed E-state index contributed by atoms with van der Waals surface area (Å²) in [7, 11) is 0. The highest BCUT2D eigenvalue weighted by molar-refractivity contribution is 7.81. The predicted molar refractivity (Wildman–Crippen MR) is 142 cm³/mol. The summed E-state index contributed by atoms with van der Waals surface area (Å²) in [5.41, 5.74) is 1.45. The molecule has 2 amide bonds. The van der Waals surface area contributed by atoms with E-state index in [-0.39, 0.29) is 12.6 Å². The van der Waals surface area contributed by atoms with Gasteiger partial charge in [0.15, 0.2) is 0 Å². The molecule has 204 valence electrons. The van der Waals surface area contributed by atoms with E-state index in [1.165, 1.54) is 9.58 Å². The second-order valence-electron chi connectivity index (χ2n) is 10.5. The Hall–Kier alpha value is -3.84. The number of nitrogens with zero attached hydrogens (tertiary/aromatic N) is 7. The van der Waals surface area contributed by atoms with Gasteiger partial charge in [0, 0.05) is 43.2 Å². The molecule has 4 heterocycles. The lowest BCUT2D eigenvalue weighted by atomic mass is 9.95. The van der Waals surface area contributed by atoms with Crippen LogP contribution in [0.5, 0.6) is 0 Å². The quantitative estimate of drug-likeness (QED) is 0.221. The van der Waals surface area contributed by atoms with E-state index in [1.54, 1.807) is 32.4 Å². The first-order valence-electron chi connectivity index (χ1n) is 12.6. The number of thiol groups is 1. The molecule has 3 unspecified atom stereocenters. The number of aromatic nitrogens is 5. The Labute approximate surface area is 230 Å². The average Bonchev–Trinajstić information content (AvgIpc) is 3.32. The minimum Gasteiger partial charge on any atom is -0.480 e. The van der Waals surface area contributed by atoms with Crippen molar-refractivity contribution < 1.29 is 19.5 Å². The lowest BCUT2D eigenvalue weighted by Crippen LogP contribution is -2.70. The Morgan fingerprint density at radius 1 is 1.13 bits per heavy atom. The molecule has 1 aliphatic carbocycles. The first kappa shape index (κ1) is 26.8. The van der Waals surface area contributed by atoms with Gasteiger partial charge in [0.2, 0.25) is 5.91 Å². The van der Waals surface area contributed by atoms with Crippen molar-refractivity contribution in [2.75, 3.05) is 0 Å². The largest absolute Gasteiger partial charge is 0.480 e. The van der Waals surface area contributed by atoms with Crippen molar-refractivity contribution in [1.82, 2.24) is 40.1 Å². The molecule has 0 bridgehead atoms. The highest BCUT2D eigenvalue weighted by Gasteiger charge is 2.77. The van der Waals surface area contributed by atoms with Crippen LogP contribution in [0.25, 0.3) is 0 Å². The second kappa shape index (κ2) is 10.4. The van der Waals surface area contributed by atoms with Crippen LogP contribution in [0.2, 0.25) is 0 Å². The fourth-order valence-corrected chi connectivity index (χ4v) is 5.36. The third-order valence-electron chi connectivity index (χ3n) is 6.92. The molecule has 2 fully saturated rings. The van der Waals surface area contributed by atoms with E-state index in [2.05, 4.69) is 43.1 Å². The lowest BCUT2D eigenvalue weighted by Gasteiger charge is -2.45. The Kier molecular flexibility index (Phi) is 7.12. The van der Waals surface area contributed by atoms with Crippen LogP contribution in [0.3, 0.4) is 0 Å². The van der Waals surface area contributed by atoms with Crippen LogP contribution in [0, 0.1) is 0 Å². The van der Waals surface area contributed by atoms with Gasteiger partial charge in [-0.2, -0.15) is 12.6 Å². The van der Waals surface area contributed by atoms with Crippen molar-refractivity contribution in [2.45, 2.75) is 68.8 Å². The highest BCUT2D eigenvalue weighted by Crippen LogP contribution is 2.54. The third kappa shape index (κ3) is 5.64. The number of carboxylic acids is 1. The minimum atomic E-state index is -1.12. The van der Waals surface area contributed by atoms with Crippen molar-refractivity contribution in [2.24, 2.45) is 0 Å². The lowest BCUT2D eigenvalue weighted by molar-refractivity contribution is -0.161. The van der Waals surface area contributed by atoms with Gasteiger partial charge in [0.1, 0.15) is 18.1 Å². The molecule has 1 aliphatic heterocycles. The van der Waals surface area contributed by atoms with Gasteiger partial charge < -0.3 is 15.3 Å². The van der Waals surface area contributed by atoms with Crippen LogP contribution in [0.4, 0.5) is 0 Å². The van der Waals surface area contributed by atoms with Gasteiger partial charge in [0.05, 0.1) is 29.3 Å². The van der Waals surface area contributed by atoms with Gasteiger partial charge in [-0.1, -0.05) is 17.3 Å². The van der Waals surface area contributed by atoms with E-state index in [0.29, 0.717) is 31.7 Å². The molecule has 2 N–H and O–H groups in total. The summed E-state index contributed by atoms with van der Waals surface area (Å²) >= 11 is 4.37. The number of hydrogen-bond donors (Lipinski definition) is 3. The standard InChI is InChI=1S/C26H30N8O4S/c1-25(2,39)22(23(36)37)34-20-11-26(20,24(34)38)29-21(35)16-33-15-19(30-31-33)14-32(12-17-7-3-5-9-27-17)13-18-8-4-6-10-28-18/h3-10,15,20,22,39H,11-14,16H2,1-2H3,(H,29,35)(H,36,37). The Bertz CT molecular complexity index is 1320. The van der Waals surface area contributed by atoms with Gasteiger partial charge in [0.25, 0.3) is 5.91 Å². The fourth-order valence-electron chi connectivity index (χ4n) is 5.13. The molecule has 2 aliphatic rings. The molecule has 3 aromatic heterocycles. The maximum absolute atomic E-state index is 12.9. The summed E-state index contributed by atoms with van der Waals surface area (Å²) in [6, 6.07) is 10.1. The molecule has 0 radical (unpaired) electrons. The minimum absolute atomic E-state index is 0.115. The molecule has 13 heteroatoms. The number of nitrogens with one attached hydrogen (secondary N) is 1. The van der Waals surface area contributed by atoms with Gasteiger partial charge in [-0.25, -0.2) is 9.48 Å². The van der Waals surface area contributed by atoms with Crippen molar-refractivity contribution in [1.29, 1.82) is 0 Å². The zero-order chi connectivity index (χ0) is 27.8. The van der Waals surface area contributed by atoms with E-state index in [0.717, 1.165) is 11.4 Å². The number of carboxylic acid groups (broad SMARTS) is 1. The van der Waals surface area contributed by atoms with E-state index in [9.17, 15) is 19.5 Å². The van der Waals surface area contributed by atoms with Gasteiger partial charge >= 0.3 is 5.97 Å². The highest BCUT2D eigenvalue weighted by atomic mass is 32.1. The van der Waals surface area contributed by atoms with Gasteiger partial charge in [-0.05, 0) is 38.1 Å². The summed E-state index contributed by atoms with van der Waals surface area (Å²) in [6.45, 7) is 4.81. The molecule has 0 aromatic carbocycles. The number of likely N-dealkylation sites (tertiary alicyclic amines) is 1. The molecule has 5 rings (SSSR count). The zero-order valence-corrected chi connectivity index (χ0v) is 22.5. The molecule has 0 spiro atoms. The van der Waals surface area contributed by atoms with Gasteiger partial charge in [-0.15, -0.1) is 5.10 Å². The monoisotopic (exact) mass is 550 g/mol. The molecular weight excluding hydrogens is 520 g/mol. The summed E-state index contributed by atoms with van der Waals surface area (Å²) in [6.07, 6.45) is 5.58. The molecule has 39 heavy (non-hydrogen) atoms. The smallest absolute Gasteiger partial charge is 0.327 e. The second-order valence-corrected chi connectivity index (χ2v) is 11.7. The van der Waals surface area contributed by atoms with Crippen LogP contribution >= 0.6 is 12.6 Å². The van der Waals surface area contributed by atoms with Crippen molar-refractivity contribution >= 4 is 30.4 Å². The van der Waals surface area contributed by atoms with Crippen LogP contribution in [-0.4, -0.2) is 80.0 Å². The molecular formula is C26H30N8O4S. The third-order valence-corrected chi connectivity index (χ3v) is 7.17. The number of hydrogen-bond acceptors (Lipinski definition) is 9. The maximum atomic E-state index is 12.9. The number of carbonyl (C=O) groups is 3. The number of amides is 2. The zero-order valence-electron chi connectivity index (χ0n) is 21.6. The molecule has 3 atom stereocenters. The Morgan fingerprint density at radius 3 is 2.26 bits per heavy atom. The molecule has 3 aromatic rings. The summed E-state index contributed by atoms with van der Waals surface area (Å²) in [5.74, 6) is -1.91. The fraction of sp³-hybridized carbons (Fsp3) is 0.423. The number of aliphatic carboxylic acids is 1. The summed E-state index contributed by atoms with van der Waals surface area (Å²) < 4.78 is 0.495. The van der Waals surface area contributed by atoms with E-state index >= 15 is 0 Å². The Morgan fingerprint density at radius 2 is 1.74 bits per heavy atom. The van der Waals surface area contributed by atoms with Crippen LogP contribution in [0.1, 0.15) is 37.4 Å².